The second kappa shape index (κ2) is 5.12. The minimum Gasteiger partial charge on any atom is -0.394 e. The normalized spacial score (nSPS) is 24.8. The first-order chi connectivity index (χ1) is 8.09. The lowest BCUT2D eigenvalue weighted by atomic mass is 10.0. The molecule has 4 heteroatoms. The Balaban J connectivity index is 2.01. The van der Waals surface area contributed by atoms with E-state index in [-0.39, 0.29) is 18.3 Å². The van der Waals surface area contributed by atoms with Gasteiger partial charge in [0.05, 0.1) is 18.3 Å². The van der Waals surface area contributed by atoms with Crippen LogP contribution in [0.3, 0.4) is 0 Å². The minimum atomic E-state index is -0.196. The maximum Gasteiger partial charge on any atom is 0.0940 e. The van der Waals surface area contributed by atoms with Crippen LogP contribution in [0.1, 0.15) is 19.4 Å². The summed E-state index contributed by atoms with van der Waals surface area (Å²) in [6.07, 6.45) is 3.54. The van der Waals surface area contributed by atoms with Crippen molar-refractivity contribution < 1.29 is 9.84 Å². The van der Waals surface area contributed by atoms with Gasteiger partial charge < -0.3 is 9.84 Å². The van der Waals surface area contributed by atoms with Gasteiger partial charge in [-0.3, -0.25) is 9.88 Å². The molecule has 1 aliphatic heterocycles. The van der Waals surface area contributed by atoms with Crippen LogP contribution in [-0.2, 0) is 11.3 Å². The largest absolute Gasteiger partial charge is 0.394 e. The minimum absolute atomic E-state index is 0.0796. The fraction of sp³-hybridized carbons (Fsp3) is 0.615. The smallest absolute Gasteiger partial charge is 0.0940 e. The number of aliphatic hydroxyl groups excluding tert-OH is 1. The van der Waals surface area contributed by atoms with Crippen molar-refractivity contribution in [1.82, 2.24) is 9.88 Å². The van der Waals surface area contributed by atoms with Gasteiger partial charge in [0.25, 0.3) is 0 Å². The molecule has 0 aromatic carbocycles. The van der Waals surface area contributed by atoms with E-state index in [4.69, 9.17) is 4.74 Å². The average molecular weight is 236 g/mol. The number of hydrogen-bond acceptors (Lipinski definition) is 4. The van der Waals surface area contributed by atoms with Gasteiger partial charge in [-0.25, -0.2) is 0 Å². The Kier molecular flexibility index (Phi) is 3.76. The van der Waals surface area contributed by atoms with Crippen LogP contribution < -0.4 is 0 Å². The quantitative estimate of drug-likeness (QED) is 0.852. The van der Waals surface area contributed by atoms with Crippen LogP contribution in [0.4, 0.5) is 0 Å². The van der Waals surface area contributed by atoms with Gasteiger partial charge in [-0.15, -0.1) is 0 Å². The highest BCUT2D eigenvalue weighted by Gasteiger charge is 2.32. The molecule has 0 saturated carbocycles. The number of aliphatic hydroxyl groups is 1. The van der Waals surface area contributed by atoms with Crippen molar-refractivity contribution in [2.45, 2.75) is 32.1 Å². The van der Waals surface area contributed by atoms with E-state index in [2.05, 4.69) is 23.7 Å². The number of aromatic nitrogens is 1. The van der Waals surface area contributed by atoms with E-state index < -0.39 is 0 Å². The van der Waals surface area contributed by atoms with Crippen molar-refractivity contribution in [2.75, 3.05) is 19.7 Å². The zero-order valence-corrected chi connectivity index (χ0v) is 10.5. The Bertz CT molecular complexity index is 354. The summed E-state index contributed by atoms with van der Waals surface area (Å²) in [5, 5.41) is 9.25. The number of hydrogen-bond donors (Lipinski definition) is 1. The maximum atomic E-state index is 9.25. The monoisotopic (exact) mass is 236 g/mol. The summed E-state index contributed by atoms with van der Waals surface area (Å²) in [6, 6.07) is 4.05. The summed E-state index contributed by atoms with van der Waals surface area (Å²) in [6.45, 7) is 6.75. The molecule has 1 unspecified atom stereocenters. The highest BCUT2D eigenvalue weighted by atomic mass is 16.5. The molecule has 0 spiro atoms. The summed E-state index contributed by atoms with van der Waals surface area (Å²) < 4.78 is 5.79. The first kappa shape index (κ1) is 12.5. The predicted octanol–water partition coefficient (Wildman–Crippen LogP) is 1.05. The lowest BCUT2D eigenvalue weighted by molar-refractivity contribution is -0.150. The second-order valence-corrected chi connectivity index (χ2v) is 5.21. The third kappa shape index (κ3) is 3.49. The third-order valence-corrected chi connectivity index (χ3v) is 2.91. The van der Waals surface area contributed by atoms with Gasteiger partial charge in [0.15, 0.2) is 0 Å². The molecular weight excluding hydrogens is 216 g/mol. The van der Waals surface area contributed by atoms with E-state index in [1.54, 1.807) is 0 Å². The third-order valence-electron chi connectivity index (χ3n) is 2.91. The summed E-state index contributed by atoms with van der Waals surface area (Å²) >= 11 is 0. The molecule has 0 radical (unpaired) electrons. The van der Waals surface area contributed by atoms with Crippen molar-refractivity contribution in [2.24, 2.45) is 0 Å². The van der Waals surface area contributed by atoms with Crippen molar-refractivity contribution in [3.63, 3.8) is 0 Å². The zero-order chi connectivity index (χ0) is 12.3. The van der Waals surface area contributed by atoms with Gasteiger partial charge in [0, 0.05) is 32.0 Å². The molecule has 0 amide bonds. The van der Waals surface area contributed by atoms with E-state index in [0.29, 0.717) is 0 Å². The van der Waals surface area contributed by atoms with Gasteiger partial charge >= 0.3 is 0 Å². The fourth-order valence-corrected chi connectivity index (χ4v) is 2.38. The van der Waals surface area contributed by atoms with E-state index >= 15 is 0 Å². The molecule has 1 N–H and O–H groups in total. The number of nitrogens with zero attached hydrogens (tertiary/aromatic N) is 2. The van der Waals surface area contributed by atoms with Crippen LogP contribution in [0.5, 0.6) is 0 Å². The highest BCUT2D eigenvalue weighted by Crippen LogP contribution is 2.22. The molecule has 0 aliphatic carbocycles. The van der Waals surface area contributed by atoms with Crippen molar-refractivity contribution in [1.29, 1.82) is 0 Å². The van der Waals surface area contributed by atoms with Crippen LogP contribution >= 0.6 is 0 Å². The Morgan fingerprint density at radius 2 is 2.18 bits per heavy atom. The van der Waals surface area contributed by atoms with Crippen LogP contribution in [0, 0.1) is 0 Å². The maximum absolute atomic E-state index is 9.25. The van der Waals surface area contributed by atoms with Gasteiger partial charge in [0.1, 0.15) is 0 Å². The topological polar surface area (TPSA) is 45.6 Å². The summed E-state index contributed by atoms with van der Waals surface area (Å²) in [5.74, 6) is 0. The van der Waals surface area contributed by atoms with Gasteiger partial charge in [-0.05, 0) is 31.5 Å². The van der Waals surface area contributed by atoms with Crippen LogP contribution in [0.2, 0.25) is 0 Å². The predicted molar refractivity (Wildman–Crippen MR) is 65.6 cm³/mol. The first-order valence-electron chi connectivity index (χ1n) is 5.99. The number of morpholine rings is 1. The molecule has 1 fully saturated rings. The Labute approximate surface area is 102 Å². The Hall–Kier alpha value is -0.970. The van der Waals surface area contributed by atoms with Crippen LogP contribution in [0.15, 0.2) is 24.5 Å². The Morgan fingerprint density at radius 3 is 2.82 bits per heavy atom. The van der Waals surface area contributed by atoms with E-state index in [1.165, 1.54) is 5.56 Å². The molecule has 1 aliphatic rings. The van der Waals surface area contributed by atoms with Crippen molar-refractivity contribution >= 4 is 0 Å². The van der Waals surface area contributed by atoms with E-state index in [0.717, 1.165) is 19.6 Å². The lowest BCUT2D eigenvalue weighted by Gasteiger charge is -2.42. The van der Waals surface area contributed by atoms with Crippen LogP contribution in [0.25, 0.3) is 0 Å². The average Bonchev–Trinajstić information content (AvgIpc) is 2.28. The molecular formula is C13H20N2O2. The molecule has 1 atom stereocenters. The molecule has 94 valence electrons. The molecule has 2 rings (SSSR count). The van der Waals surface area contributed by atoms with Crippen LogP contribution in [-0.4, -0.2) is 46.4 Å². The fourth-order valence-electron chi connectivity index (χ4n) is 2.38. The highest BCUT2D eigenvalue weighted by molar-refractivity contribution is 5.09. The lowest BCUT2D eigenvalue weighted by Crippen LogP contribution is -2.53. The van der Waals surface area contributed by atoms with E-state index in [1.807, 2.05) is 24.5 Å². The molecule has 1 aromatic rings. The molecule has 1 aromatic heterocycles. The number of rotatable bonds is 3. The van der Waals surface area contributed by atoms with E-state index in [9.17, 15) is 5.11 Å². The summed E-state index contributed by atoms with van der Waals surface area (Å²) in [4.78, 5) is 6.33. The zero-order valence-electron chi connectivity index (χ0n) is 10.5. The molecule has 0 bridgehead atoms. The number of pyridine rings is 1. The van der Waals surface area contributed by atoms with Gasteiger partial charge in [-0.2, -0.15) is 0 Å². The summed E-state index contributed by atoms with van der Waals surface area (Å²) in [7, 11) is 0. The standard InChI is InChI=1S/C13H20N2O2/c1-13(2)10-15(8-12(9-16)17-13)7-11-3-5-14-6-4-11/h3-6,12,16H,7-10H2,1-2H3. The SMILES string of the molecule is CC1(C)CN(Cc2ccncc2)CC(CO)O1. The summed E-state index contributed by atoms with van der Waals surface area (Å²) in [5.41, 5.74) is 1.05. The van der Waals surface area contributed by atoms with Crippen molar-refractivity contribution in [3.05, 3.63) is 30.1 Å². The van der Waals surface area contributed by atoms with Gasteiger partial charge in [-0.1, -0.05) is 0 Å². The molecule has 1 saturated heterocycles. The molecule has 4 nitrogen and oxygen atoms in total. The Morgan fingerprint density at radius 1 is 1.47 bits per heavy atom. The first-order valence-corrected chi connectivity index (χ1v) is 5.99. The van der Waals surface area contributed by atoms with Gasteiger partial charge in [0.2, 0.25) is 0 Å². The second-order valence-electron chi connectivity index (χ2n) is 5.21. The number of ether oxygens (including phenoxy) is 1. The molecule has 17 heavy (non-hydrogen) atoms. The van der Waals surface area contributed by atoms with Crippen molar-refractivity contribution in [3.8, 4) is 0 Å². The molecule has 2 heterocycles.